The summed E-state index contributed by atoms with van der Waals surface area (Å²) in [5.74, 6) is 0.913. The average molecular weight is 287 g/mol. The zero-order valence-corrected chi connectivity index (χ0v) is 13.4. The Morgan fingerprint density at radius 3 is 2.67 bits per heavy atom. The van der Waals surface area contributed by atoms with E-state index in [9.17, 15) is 0 Å². The average Bonchev–Trinajstić information content (AvgIpc) is 2.86. The number of rotatable bonds is 7. The second-order valence-corrected chi connectivity index (χ2v) is 5.03. The molecule has 0 aliphatic heterocycles. The molecule has 4 nitrogen and oxygen atoms in total. The van der Waals surface area contributed by atoms with E-state index in [4.69, 9.17) is 4.74 Å². The number of nitrogens with zero attached hydrogens (tertiary/aromatic N) is 2. The van der Waals surface area contributed by atoms with Crippen molar-refractivity contribution in [2.45, 2.75) is 33.2 Å². The van der Waals surface area contributed by atoms with Gasteiger partial charge in [-0.15, -0.1) is 0 Å². The van der Waals surface area contributed by atoms with Gasteiger partial charge in [0.2, 0.25) is 0 Å². The Morgan fingerprint density at radius 2 is 2.05 bits per heavy atom. The van der Waals surface area contributed by atoms with Gasteiger partial charge in [-0.2, -0.15) is 5.10 Å². The number of hydrogen-bond donors (Lipinski definition) is 1. The molecule has 0 aliphatic rings. The first-order valence-corrected chi connectivity index (χ1v) is 7.68. The fourth-order valence-corrected chi connectivity index (χ4v) is 2.53. The molecule has 1 atom stereocenters. The van der Waals surface area contributed by atoms with Gasteiger partial charge in [0.1, 0.15) is 5.75 Å². The summed E-state index contributed by atoms with van der Waals surface area (Å²) in [6, 6.07) is 10.6. The van der Waals surface area contributed by atoms with Crippen LogP contribution in [0, 0.1) is 0 Å². The van der Waals surface area contributed by atoms with E-state index < -0.39 is 0 Å². The summed E-state index contributed by atoms with van der Waals surface area (Å²) in [6.07, 6.45) is 0.950. The van der Waals surface area contributed by atoms with Gasteiger partial charge >= 0.3 is 0 Å². The molecule has 0 spiro atoms. The van der Waals surface area contributed by atoms with Gasteiger partial charge in [0.25, 0.3) is 0 Å². The minimum Gasteiger partial charge on any atom is -0.494 e. The lowest BCUT2D eigenvalue weighted by Crippen LogP contribution is -2.24. The van der Waals surface area contributed by atoms with Crippen molar-refractivity contribution in [2.24, 2.45) is 7.05 Å². The van der Waals surface area contributed by atoms with E-state index in [2.05, 4.69) is 42.5 Å². The second kappa shape index (κ2) is 7.27. The third kappa shape index (κ3) is 3.64. The maximum Gasteiger partial charge on any atom is 0.119 e. The van der Waals surface area contributed by atoms with Crippen molar-refractivity contribution in [1.29, 1.82) is 0 Å². The fraction of sp³-hybridized carbons (Fsp3) is 0.471. The van der Waals surface area contributed by atoms with Gasteiger partial charge in [-0.25, -0.2) is 0 Å². The third-order valence-electron chi connectivity index (χ3n) is 3.54. The number of benzene rings is 1. The molecule has 0 amide bonds. The molecule has 4 heteroatoms. The molecule has 1 N–H and O–H groups in total. The lowest BCUT2D eigenvalue weighted by molar-refractivity contribution is 0.339. The van der Waals surface area contributed by atoms with Crippen LogP contribution in [-0.4, -0.2) is 22.9 Å². The maximum atomic E-state index is 5.62. The number of ether oxygens (including phenoxy) is 1. The first kappa shape index (κ1) is 15.6. The zero-order valence-electron chi connectivity index (χ0n) is 13.4. The first-order valence-electron chi connectivity index (χ1n) is 7.68. The largest absolute Gasteiger partial charge is 0.494 e. The molecule has 0 aliphatic carbocycles. The highest BCUT2D eigenvalue weighted by Crippen LogP contribution is 2.25. The molecule has 1 unspecified atom stereocenters. The minimum absolute atomic E-state index is 0.133. The number of aryl methyl sites for hydroxylation is 2. The molecule has 1 heterocycles. The van der Waals surface area contributed by atoms with Crippen LogP contribution in [0.3, 0.4) is 0 Å². The van der Waals surface area contributed by atoms with Gasteiger partial charge in [0.15, 0.2) is 0 Å². The summed E-state index contributed by atoms with van der Waals surface area (Å²) in [4.78, 5) is 0. The predicted octanol–water partition coefficient (Wildman–Crippen LogP) is 3.08. The van der Waals surface area contributed by atoms with Gasteiger partial charge in [-0.1, -0.05) is 26.0 Å². The van der Waals surface area contributed by atoms with Crippen LogP contribution < -0.4 is 10.1 Å². The van der Waals surface area contributed by atoms with Crippen LogP contribution in [-0.2, 0) is 13.5 Å². The quantitative estimate of drug-likeness (QED) is 0.850. The van der Waals surface area contributed by atoms with E-state index in [1.54, 1.807) is 0 Å². The smallest absolute Gasteiger partial charge is 0.119 e. The number of nitrogens with one attached hydrogen (secondary N) is 1. The van der Waals surface area contributed by atoms with Gasteiger partial charge in [0.05, 0.1) is 24.0 Å². The summed E-state index contributed by atoms with van der Waals surface area (Å²) in [5.41, 5.74) is 3.51. The van der Waals surface area contributed by atoms with E-state index in [1.807, 2.05) is 30.8 Å². The van der Waals surface area contributed by atoms with Crippen LogP contribution in [0.4, 0.5) is 0 Å². The predicted molar refractivity (Wildman–Crippen MR) is 85.7 cm³/mol. The van der Waals surface area contributed by atoms with Crippen molar-refractivity contribution in [3.63, 3.8) is 0 Å². The molecular formula is C17H25N3O. The van der Waals surface area contributed by atoms with Crippen molar-refractivity contribution in [2.75, 3.05) is 13.2 Å². The zero-order chi connectivity index (χ0) is 15.2. The maximum absolute atomic E-state index is 5.62. The van der Waals surface area contributed by atoms with Crippen LogP contribution in [0.15, 0.2) is 30.3 Å². The van der Waals surface area contributed by atoms with E-state index >= 15 is 0 Å². The van der Waals surface area contributed by atoms with Gasteiger partial charge in [0, 0.05) is 7.05 Å². The Bertz CT molecular complexity index is 577. The highest BCUT2D eigenvalue weighted by Gasteiger charge is 2.18. The summed E-state index contributed by atoms with van der Waals surface area (Å²) in [5, 5.41) is 8.11. The minimum atomic E-state index is 0.133. The Morgan fingerprint density at radius 1 is 1.24 bits per heavy atom. The summed E-state index contributed by atoms with van der Waals surface area (Å²) in [7, 11) is 2.01. The Labute approximate surface area is 127 Å². The first-order chi connectivity index (χ1) is 10.2. The van der Waals surface area contributed by atoms with Crippen LogP contribution in [0.5, 0.6) is 5.75 Å². The van der Waals surface area contributed by atoms with Crippen molar-refractivity contribution in [3.8, 4) is 5.75 Å². The normalized spacial score (nSPS) is 12.4. The van der Waals surface area contributed by atoms with E-state index in [0.29, 0.717) is 6.61 Å². The summed E-state index contributed by atoms with van der Waals surface area (Å²) >= 11 is 0. The van der Waals surface area contributed by atoms with Crippen LogP contribution >= 0.6 is 0 Å². The number of aromatic nitrogens is 2. The van der Waals surface area contributed by atoms with E-state index in [1.165, 1.54) is 11.3 Å². The molecule has 0 saturated heterocycles. The lowest BCUT2D eigenvalue weighted by atomic mass is 10.0. The molecular weight excluding hydrogens is 262 g/mol. The van der Waals surface area contributed by atoms with E-state index in [0.717, 1.165) is 24.4 Å². The Kier molecular flexibility index (Phi) is 5.39. The van der Waals surface area contributed by atoms with Crippen LogP contribution in [0.25, 0.3) is 0 Å². The molecule has 2 aromatic rings. The summed E-state index contributed by atoms with van der Waals surface area (Å²) in [6.45, 7) is 7.83. The lowest BCUT2D eigenvalue weighted by Gasteiger charge is -2.19. The molecule has 2 rings (SSSR count). The molecule has 114 valence electrons. The monoisotopic (exact) mass is 287 g/mol. The Balaban J connectivity index is 2.37. The van der Waals surface area contributed by atoms with Gasteiger partial charge < -0.3 is 10.1 Å². The standard InChI is InChI=1S/C17H25N3O/c1-5-14-12-16(20(4)19-14)17(18-6-2)13-9-8-10-15(11-13)21-7-3/h8-12,17-18H,5-7H2,1-4H3. The molecule has 0 bridgehead atoms. The Hall–Kier alpha value is -1.81. The van der Waals surface area contributed by atoms with Crippen molar-refractivity contribution in [1.82, 2.24) is 15.1 Å². The SMILES string of the molecule is CCNC(c1cccc(OCC)c1)c1cc(CC)nn1C. The molecule has 1 aromatic heterocycles. The third-order valence-corrected chi connectivity index (χ3v) is 3.54. The molecule has 0 saturated carbocycles. The molecule has 21 heavy (non-hydrogen) atoms. The second-order valence-electron chi connectivity index (χ2n) is 5.03. The van der Waals surface area contributed by atoms with Crippen molar-refractivity contribution in [3.05, 3.63) is 47.3 Å². The van der Waals surface area contributed by atoms with Gasteiger partial charge in [-0.3, -0.25) is 4.68 Å². The topological polar surface area (TPSA) is 39.1 Å². The van der Waals surface area contributed by atoms with Gasteiger partial charge in [-0.05, 0) is 43.7 Å². The fourth-order valence-electron chi connectivity index (χ4n) is 2.53. The highest BCUT2D eigenvalue weighted by atomic mass is 16.5. The van der Waals surface area contributed by atoms with Crippen molar-refractivity contribution < 1.29 is 4.74 Å². The number of hydrogen-bond acceptors (Lipinski definition) is 3. The van der Waals surface area contributed by atoms with Crippen LogP contribution in [0.2, 0.25) is 0 Å². The molecule has 0 radical (unpaired) electrons. The highest BCUT2D eigenvalue weighted by molar-refractivity contribution is 5.35. The van der Waals surface area contributed by atoms with Crippen LogP contribution in [0.1, 0.15) is 43.8 Å². The molecule has 0 fully saturated rings. The molecule has 1 aromatic carbocycles. The van der Waals surface area contributed by atoms with Crippen molar-refractivity contribution >= 4 is 0 Å². The van der Waals surface area contributed by atoms with E-state index in [-0.39, 0.29) is 6.04 Å². The summed E-state index contributed by atoms with van der Waals surface area (Å²) < 4.78 is 7.59.